The Morgan fingerprint density at radius 2 is 1.17 bits per heavy atom. The molecule has 70 valence electrons. The summed E-state index contributed by atoms with van der Waals surface area (Å²) < 4.78 is 0. The second-order valence-electron chi connectivity index (χ2n) is 2.17. The molecule has 0 bridgehead atoms. The van der Waals surface area contributed by atoms with Crippen molar-refractivity contribution in [3.8, 4) is 0 Å². The van der Waals surface area contributed by atoms with Gasteiger partial charge in [0, 0.05) is 0 Å². The van der Waals surface area contributed by atoms with Crippen molar-refractivity contribution in [2.24, 2.45) is 0 Å². The third kappa shape index (κ3) is 4.95. The Kier molecular flexibility index (Phi) is 11.7. The molecule has 0 heteroatoms. The number of rotatable bonds is 4. The second-order valence-corrected chi connectivity index (χ2v) is 2.17. The molecular formula is C12H22. The van der Waals surface area contributed by atoms with Crippen LogP contribution in [0.25, 0.3) is 0 Å². The third-order valence-corrected chi connectivity index (χ3v) is 1.67. The van der Waals surface area contributed by atoms with Crippen LogP contribution in [0.1, 0.15) is 40.5 Å². The maximum Gasteiger partial charge on any atom is -0.0305 e. The molecule has 12 heavy (non-hydrogen) atoms. The summed E-state index contributed by atoms with van der Waals surface area (Å²) in [5, 5.41) is 0. The number of hydrogen-bond acceptors (Lipinski definition) is 0. The van der Waals surface area contributed by atoms with Gasteiger partial charge in [0.1, 0.15) is 0 Å². The second kappa shape index (κ2) is 10.2. The van der Waals surface area contributed by atoms with E-state index in [1.807, 2.05) is 26.0 Å². The van der Waals surface area contributed by atoms with Crippen molar-refractivity contribution in [3.63, 3.8) is 0 Å². The molecule has 0 aromatic heterocycles. The van der Waals surface area contributed by atoms with Gasteiger partial charge < -0.3 is 0 Å². The minimum atomic E-state index is 1.05. The highest BCUT2D eigenvalue weighted by Gasteiger charge is 1.93. The molecule has 0 heterocycles. The van der Waals surface area contributed by atoms with E-state index in [1.54, 1.807) is 0 Å². The largest absolute Gasteiger partial charge is 0.0988 e. The molecule has 0 atom stereocenters. The Balaban J connectivity index is 0. The molecule has 0 saturated carbocycles. The Morgan fingerprint density at radius 3 is 1.25 bits per heavy atom. The zero-order valence-electron chi connectivity index (χ0n) is 8.98. The van der Waals surface area contributed by atoms with E-state index < -0.39 is 0 Å². The standard InChI is InChI=1S/C10H16.C2H6/c1-5-9(6-2)10(7-3)8-4;1-2/h5,7H,1,3,6,8H2,2,4H3;1-2H3/b10-9-;. The maximum atomic E-state index is 3.74. The molecule has 0 radical (unpaired) electrons. The Morgan fingerprint density at radius 1 is 0.917 bits per heavy atom. The molecule has 0 amide bonds. The zero-order chi connectivity index (χ0) is 9.98. The van der Waals surface area contributed by atoms with E-state index in [1.165, 1.54) is 11.1 Å². The van der Waals surface area contributed by atoms with E-state index in [4.69, 9.17) is 0 Å². The first-order valence-corrected chi connectivity index (χ1v) is 4.77. The van der Waals surface area contributed by atoms with E-state index in [0.717, 1.165) is 12.8 Å². The molecule has 0 saturated heterocycles. The number of hydrogen-bond donors (Lipinski definition) is 0. The smallest absolute Gasteiger partial charge is 0.0305 e. The summed E-state index contributed by atoms with van der Waals surface area (Å²) in [6, 6.07) is 0. The molecule has 0 aromatic rings. The lowest BCUT2D eigenvalue weighted by atomic mass is 10.0. The third-order valence-electron chi connectivity index (χ3n) is 1.67. The van der Waals surface area contributed by atoms with Crippen molar-refractivity contribution in [1.82, 2.24) is 0 Å². The Labute approximate surface area is 77.7 Å². The van der Waals surface area contributed by atoms with Gasteiger partial charge in [0.2, 0.25) is 0 Å². The zero-order valence-corrected chi connectivity index (χ0v) is 8.98. The Hall–Kier alpha value is -0.780. The molecule has 0 rings (SSSR count). The van der Waals surface area contributed by atoms with Gasteiger partial charge in [0.25, 0.3) is 0 Å². The monoisotopic (exact) mass is 166 g/mol. The van der Waals surface area contributed by atoms with Crippen LogP contribution in [-0.2, 0) is 0 Å². The van der Waals surface area contributed by atoms with Crippen molar-refractivity contribution in [2.45, 2.75) is 40.5 Å². The number of allylic oxidation sites excluding steroid dienone is 4. The molecule has 0 spiro atoms. The average molecular weight is 166 g/mol. The van der Waals surface area contributed by atoms with Gasteiger partial charge in [-0.2, -0.15) is 0 Å². The van der Waals surface area contributed by atoms with E-state index in [-0.39, 0.29) is 0 Å². The van der Waals surface area contributed by atoms with Gasteiger partial charge in [0.05, 0.1) is 0 Å². The van der Waals surface area contributed by atoms with Crippen LogP contribution in [0.2, 0.25) is 0 Å². The lowest BCUT2D eigenvalue weighted by Crippen LogP contribution is -1.82. The minimum Gasteiger partial charge on any atom is -0.0988 e. The Bertz CT molecular complexity index is 131. The normalized spacial score (nSPS) is 10.7. The highest BCUT2D eigenvalue weighted by molar-refractivity contribution is 5.30. The first kappa shape index (κ1) is 13.8. The average Bonchev–Trinajstić information content (AvgIpc) is 2.17. The summed E-state index contributed by atoms with van der Waals surface area (Å²) in [7, 11) is 0. The van der Waals surface area contributed by atoms with E-state index in [9.17, 15) is 0 Å². The molecule has 0 aliphatic carbocycles. The van der Waals surface area contributed by atoms with Gasteiger partial charge in [0.15, 0.2) is 0 Å². The molecule has 0 N–H and O–H groups in total. The van der Waals surface area contributed by atoms with Gasteiger partial charge in [-0.05, 0) is 24.0 Å². The van der Waals surface area contributed by atoms with Gasteiger partial charge in [-0.1, -0.05) is 53.0 Å². The molecule has 0 aliphatic rings. The highest BCUT2D eigenvalue weighted by Crippen LogP contribution is 2.13. The van der Waals surface area contributed by atoms with E-state index >= 15 is 0 Å². The molecule has 0 unspecified atom stereocenters. The van der Waals surface area contributed by atoms with Crippen molar-refractivity contribution in [1.29, 1.82) is 0 Å². The first-order valence-electron chi connectivity index (χ1n) is 4.77. The van der Waals surface area contributed by atoms with Crippen molar-refractivity contribution >= 4 is 0 Å². The van der Waals surface area contributed by atoms with Crippen LogP contribution in [0.4, 0.5) is 0 Å². The van der Waals surface area contributed by atoms with Crippen LogP contribution in [0.5, 0.6) is 0 Å². The summed E-state index contributed by atoms with van der Waals surface area (Å²) in [5.74, 6) is 0. The SMILES string of the molecule is C=C/C(CC)=C(\C=C)CC.CC. The summed E-state index contributed by atoms with van der Waals surface area (Å²) in [6.07, 6.45) is 5.94. The quantitative estimate of drug-likeness (QED) is 0.539. The topological polar surface area (TPSA) is 0 Å². The van der Waals surface area contributed by atoms with Crippen molar-refractivity contribution in [2.75, 3.05) is 0 Å². The molecule has 0 aromatic carbocycles. The lowest BCUT2D eigenvalue weighted by molar-refractivity contribution is 1.05. The summed E-state index contributed by atoms with van der Waals surface area (Å²) in [6.45, 7) is 15.8. The van der Waals surface area contributed by atoms with Gasteiger partial charge >= 0.3 is 0 Å². The first-order chi connectivity index (χ1) is 5.79. The van der Waals surface area contributed by atoms with E-state index in [2.05, 4.69) is 27.0 Å². The van der Waals surface area contributed by atoms with Crippen LogP contribution in [0.3, 0.4) is 0 Å². The maximum absolute atomic E-state index is 3.74. The van der Waals surface area contributed by atoms with E-state index in [0.29, 0.717) is 0 Å². The molecule has 0 aliphatic heterocycles. The summed E-state index contributed by atoms with van der Waals surface area (Å²) >= 11 is 0. The molecule has 0 nitrogen and oxygen atoms in total. The fraction of sp³-hybridized carbons (Fsp3) is 0.500. The van der Waals surface area contributed by atoms with Crippen molar-refractivity contribution < 1.29 is 0 Å². The fourth-order valence-corrected chi connectivity index (χ4v) is 1.00. The van der Waals surface area contributed by atoms with Crippen LogP contribution >= 0.6 is 0 Å². The predicted octanol–water partition coefficient (Wildman–Crippen LogP) is 4.50. The molecular weight excluding hydrogens is 144 g/mol. The van der Waals surface area contributed by atoms with Crippen LogP contribution in [-0.4, -0.2) is 0 Å². The summed E-state index contributed by atoms with van der Waals surface area (Å²) in [5.41, 5.74) is 2.63. The predicted molar refractivity (Wildman–Crippen MR) is 59.4 cm³/mol. The van der Waals surface area contributed by atoms with Crippen molar-refractivity contribution in [3.05, 3.63) is 36.5 Å². The van der Waals surface area contributed by atoms with Gasteiger partial charge in [-0.3, -0.25) is 0 Å². The van der Waals surface area contributed by atoms with Gasteiger partial charge in [-0.15, -0.1) is 0 Å². The molecule has 0 fully saturated rings. The highest BCUT2D eigenvalue weighted by atomic mass is 14.0. The van der Waals surface area contributed by atoms with Crippen LogP contribution in [0, 0.1) is 0 Å². The van der Waals surface area contributed by atoms with Crippen LogP contribution < -0.4 is 0 Å². The summed E-state index contributed by atoms with van der Waals surface area (Å²) in [4.78, 5) is 0. The van der Waals surface area contributed by atoms with Crippen LogP contribution in [0.15, 0.2) is 36.5 Å². The lowest BCUT2D eigenvalue weighted by Gasteiger charge is -2.02. The minimum absolute atomic E-state index is 1.05. The fourth-order valence-electron chi connectivity index (χ4n) is 1.00. The van der Waals surface area contributed by atoms with Gasteiger partial charge in [-0.25, -0.2) is 0 Å².